The van der Waals surface area contributed by atoms with Gasteiger partial charge < -0.3 is 11.1 Å². The molecule has 1 aliphatic carbocycles. The lowest BCUT2D eigenvalue weighted by molar-refractivity contribution is -0.128. The zero-order valence-electron chi connectivity index (χ0n) is 14.0. The van der Waals surface area contributed by atoms with Gasteiger partial charge in [-0.25, -0.2) is 0 Å². The van der Waals surface area contributed by atoms with Crippen molar-refractivity contribution in [1.82, 2.24) is 5.32 Å². The Hall–Kier alpha value is -2.88. The van der Waals surface area contributed by atoms with Crippen LogP contribution in [0.4, 0.5) is 0 Å². The normalized spacial score (nSPS) is 35.1. The van der Waals surface area contributed by atoms with Crippen LogP contribution in [0.25, 0.3) is 0 Å². The molecule has 25 heavy (non-hydrogen) atoms. The van der Waals surface area contributed by atoms with Gasteiger partial charge in [0.15, 0.2) is 10.8 Å². The van der Waals surface area contributed by atoms with Gasteiger partial charge in [0.1, 0.15) is 0 Å². The van der Waals surface area contributed by atoms with E-state index in [0.29, 0.717) is 6.42 Å². The molecule has 3 N–H and O–H groups in total. The van der Waals surface area contributed by atoms with Crippen LogP contribution in [0.2, 0.25) is 0 Å². The number of carbonyl (C=O) groups excluding carboxylic acids is 1. The van der Waals surface area contributed by atoms with Crippen LogP contribution < -0.4 is 11.1 Å². The summed E-state index contributed by atoms with van der Waals surface area (Å²) in [4.78, 5) is 12.8. The number of benzene rings is 1. The second kappa shape index (κ2) is 5.59. The second-order valence-corrected chi connectivity index (χ2v) is 7.00. The van der Waals surface area contributed by atoms with E-state index < -0.39 is 28.3 Å². The highest BCUT2D eigenvalue weighted by atomic mass is 16.2. The summed E-state index contributed by atoms with van der Waals surface area (Å²) in [5.41, 5.74) is 2.65. The highest BCUT2D eigenvalue weighted by Gasteiger charge is 2.76. The minimum Gasteiger partial charge on any atom is -0.336 e. The number of hydrogen-bond donors (Lipinski definition) is 2. The van der Waals surface area contributed by atoms with Gasteiger partial charge in [-0.3, -0.25) is 4.79 Å². The van der Waals surface area contributed by atoms with Crippen molar-refractivity contribution in [2.75, 3.05) is 0 Å². The van der Waals surface area contributed by atoms with Crippen molar-refractivity contribution in [2.45, 2.75) is 37.8 Å². The van der Waals surface area contributed by atoms with Crippen LogP contribution >= 0.6 is 0 Å². The molecule has 2 bridgehead atoms. The Kier molecular flexibility index (Phi) is 3.79. The molecule has 6 nitrogen and oxygen atoms in total. The monoisotopic (exact) mass is 333 g/mol. The number of rotatable bonds is 3. The lowest BCUT2D eigenvalue weighted by Gasteiger charge is -2.50. The first-order valence-electron chi connectivity index (χ1n) is 8.35. The summed E-state index contributed by atoms with van der Waals surface area (Å²) in [5, 5.41) is 32.7. The van der Waals surface area contributed by atoms with Gasteiger partial charge in [0.2, 0.25) is 5.91 Å². The molecule has 1 saturated heterocycles. The predicted molar refractivity (Wildman–Crippen MR) is 89.0 cm³/mol. The number of nitriles is 3. The highest BCUT2D eigenvalue weighted by molar-refractivity contribution is 5.92. The Labute approximate surface area is 146 Å². The molecule has 1 aliphatic heterocycles. The van der Waals surface area contributed by atoms with E-state index in [1.165, 1.54) is 0 Å². The first-order chi connectivity index (χ1) is 11.9. The number of nitrogens with two attached hydrogens (primary N) is 1. The molecule has 0 spiro atoms. The summed E-state index contributed by atoms with van der Waals surface area (Å²) in [6.45, 7) is 1.99. The third-order valence-corrected chi connectivity index (χ3v) is 5.80. The molecule has 0 unspecified atom stereocenters. The average molecular weight is 333 g/mol. The summed E-state index contributed by atoms with van der Waals surface area (Å²) >= 11 is 0. The van der Waals surface area contributed by atoms with E-state index in [1.807, 2.05) is 43.3 Å². The van der Waals surface area contributed by atoms with E-state index in [4.69, 9.17) is 5.73 Å². The van der Waals surface area contributed by atoms with E-state index >= 15 is 0 Å². The zero-order valence-corrected chi connectivity index (χ0v) is 14.0. The maximum absolute atomic E-state index is 12.8. The van der Waals surface area contributed by atoms with Crippen molar-refractivity contribution in [1.29, 1.82) is 15.8 Å². The molecule has 0 aromatic heterocycles. The summed E-state index contributed by atoms with van der Waals surface area (Å²) in [7, 11) is 0. The van der Waals surface area contributed by atoms with Crippen molar-refractivity contribution in [3.8, 4) is 18.2 Å². The number of nitrogens with zero attached hydrogens (tertiary/aromatic N) is 3. The number of carbonyl (C=O) groups is 1. The molecule has 6 heteroatoms. The second-order valence-electron chi connectivity index (χ2n) is 7.00. The largest absolute Gasteiger partial charge is 0.336 e. The van der Waals surface area contributed by atoms with E-state index in [0.717, 1.165) is 12.0 Å². The lowest BCUT2D eigenvalue weighted by Crippen LogP contribution is -2.62. The van der Waals surface area contributed by atoms with Gasteiger partial charge >= 0.3 is 0 Å². The number of nitrogens with one attached hydrogen (secondary N) is 1. The number of hydrogen-bond acceptors (Lipinski definition) is 5. The fraction of sp³-hybridized carbons (Fsp3) is 0.474. The van der Waals surface area contributed by atoms with Crippen molar-refractivity contribution in [2.24, 2.45) is 22.5 Å². The van der Waals surface area contributed by atoms with E-state index in [9.17, 15) is 20.6 Å². The maximum Gasteiger partial charge on any atom is 0.244 e. The molecule has 3 rings (SSSR count). The average Bonchev–Trinajstić information content (AvgIpc) is 2.88. The first kappa shape index (κ1) is 17.0. The molecular formula is C19H19N5O. The van der Waals surface area contributed by atoms with Crippen LogP contribution in [0.15, 0.2) is 30.3 Å². The van der Waals surface area contributed by atoms with Gasteiger partial charge in [0, 0.05) is 18.3 Å². The quantitative estimate of drug-likeness (QED) is 0.873. The van der Waals surface area contributed by atoms with Gasteiger partial charge in [0.25, 0.3) is 0 Å². The van der Waals surface area contributed by atoms with E-state index in [-0.39, 0.29) is 12.3 Å². The summed E-state index contributed by atoms with van der Waals surface area (Å²) in [6.07, 6.45) is 1.41. The van der Waals surface area contributed by atoms with Gasteiger partial charge in [-0.1, -0.05) is 43.7 Å². The molecule has 1 amide bonds. The third kappa shape index (κ3) is 1.94. The molecule has 4 atom stereocenters. The van der Waals surface area contributed by atoms with Crippen molar-refractivity contribution in [3.63, 3.8) is 0 Å². The molecule has 1 saturated carbocycles. The van der Waals surface area contributed by atoms with Crippen molar-refractivity contribution < 1.29 is 4.79 Å². The molecule has 2 fully saturated rings. The summed E-state index contributed by atoms with van der Waals surface area (Å²) < 4.78 is 0. The standard InChI is InChI=1S/C19H19N5O/c1-2-6-14-15(13-7-4-3-5-8-13)18(11-21,12-22)17(10-20)9-19(14,23)24-16(17)25/h3-5,7-8,14-15H,2,6,9,23H2,1H3,(H,24,25)/t14-,15+,17+,19-/m1/s1. The van der Waals surface area contributed by atoms with Gasteiger partial charge in [-0.2, -0.15) is 15.8 Å². The molecule has 1 heterocycles. The molecule has 2 aliphatic rings. The highest BCUT2D eigenvalue weighted by Crippen LogP contribution is 2.64. The van der Waals surface area contributed by atoms with Crippen LogP contribution in [-0.2, 0) is 4.79 Å². The zero-order chi connectivity index (χ0) is 18.3. The first-order valence-corrected chi connectivity index (χ1v) is 8.35. The van der Waals surface area contributed by atoms with Crippen LogP contribution in [0.5, 0.6) is 0 Å². The van der Waals surface area contributed by atoms with Crippen LogP contribution in [-0.4, -0.2) is 11.6 Å². The Balaban J connectivity index is 2.35. The molecule has 0 radical (unpaired) electrons. The van der Waals surface area contributed by atoms with E-state index in [1.54, 1.807) is 0 Å². The number of amides is 1. The summed E-state index contributed by atoms with van der Waals surface area (Å²) in [6, 6.07) is 15.3. The SMILES string of the molecule is CCC[C@@H]1[C@H](c2ccccc2)C(C#N)(C#N)[C@]2(C#N)C[C@@]1(N)NC2=O. The lowest BCUT2D eigenvalue weighted by atomic mass is 9.47. The smallest absolute Gasteiger partial charge is 0.244 e. The Bertz CT molecular complexity index is 816. The van der Waals surface area contributed by atoms with Gasteiger partial charge in [-0.05, 0) is 12.0 Å². The number of fused-ring (bicyclic) bond motifs is 2. The van der Waals surface area contributed by atoms with Crippen LogP contribution in [0.1, 0.15) is 37.7 Å². The van der Waals surface area contributed by atoms with Gasteiger partial charge in [-0.15, -0.1) is 0 Å². The molecule has 126 valence electrons. The van der Waals surface area contributed by atoms with E-state index in [2.05, 4.69) is 17.5 Å². The Morgan fingerprint density at radius 1 is 1.20 bits per heavy atom. The van der Waals surface area contributed by atoms with Crippen molar-refractivity contribution >= 4 is 5.91 Å². The Morgan fingerprint density at radius 2 is 1.84 bits per heavy atom. The molecule has 1 aromatic carbocycles. The predicted octanol–water partition coefficient (Wildman–Crippen LogP) is 1.92. The molecular weight excluding hydrogens is 314 g/mol. The van der Waals surface area contributed by atoms with Crippen LogP contribution in [0, 0.1) is 50.7 Å². The summed E-state index contributed by atoms with van der Waals surface area (Å²) in [5.74, 6) is -1.55. The third-order valence-electron chi connectivity index (χ3n) is 5.80. The Morgan fingerprint density at radius 3 is 2.36 bits per heavy atom. The minimum atomic E-state index is -1.79. The molecule has 1 aromatic rings. The topological polar surface area (TPSA) is 126 Å². The minimum absolute atomic E-state index is 0.0234. The maximum atomic E-state index is 12.8. The van der Waals surface area contributed by atoms with Crippen LogP contribution in [0.3, 0.4) is 0 Å². The van der Waals surface area contributed by atoms with Crippen molar-refractivity contribution in [3.05, 3.63) is 35.9 Å². The fourth-order valence-corrected chi connectivity index (χ4v) is 4.70. The van der Waals surface area contributed by atoms with Gasteiger partial charge in [0.05, 0.1) is 23.9 Å². The fourth-order valence-electron chi connectivity index (χ4n) is 4.70.